The van der Waals surface area contributed by atoms with Crippen LogP contribution >= 0.6 is 27.5 Å². The zero-order chi connectivity index (χ0) is 27.4. The normalized spacial score (nSPS) is 14.3. The third kappa shape index (κ3) is 6.70. The molecule has 5 rings (SSSR count). The number of hydrogen-bond acceptors (Lipinski definition) is 5. The Hall–Kier alpha value is -3.17. The molecule has 6 nitrogen and oxygen atoms in total. The summed E-state index contributed by atoms with van der Waals surface area (Å²) in [6.07, 6.45) is 0. The minimum absolute atomic E-state index is 0.0318. The van der Waals surface area contributed by atoms with Gasteiger partial charge in [0.15, 0.2) is 0 Å². The Labute approximate surface area is 242 Å². The fourth-order valence-corrected chi connectivity index (χ4v) is 6.02. The number of carbonyl (C=O) groups excluding carboxylic acids is 1. The Morgan fingerprint density at radius 1 is 0.821 bits per heavy atom. The van der Waals surface area contributed by atoms with Gasteiger partial charge in [0.1, 0.15) is 0 Å². The first-order valence-electron chi connectivity index (χ1n) is 12.5. The van der Waals surface area contributed by atoms with Crippen molar-refractivity contribution in [1.82, 2.24) is 9.62 Å². The van der Waals surface area contributed by atoms with E-state index < -0.39 is 15.9 Å². The molecule has 4 aromatic rings. The van der Waals surface area contributed by atoms with Crippen LogP contribution < -0.4 is 9.62 Å². The van der Waals surface area contributed by atoms with Crippen LogP contribution in [0.4, 0.5) is 5.69 Å². The zero-order valence-corrected chi connectivity index (χ0v) is 24.2. The lowest BCUT2D eigenvalue weighted by Gasteiger charge is -2.36. The van der Waals surface area contributed by atoms with Gasteiger partial charge in [0.2, 0.25) is 0 Å². The summed E-state index contributed by atoms with van der Waals surface area (Å²) < 4.78 is 28.0. The fourth-order valence-electron chi connectivity index (χ4n) is 4.65. The van der Waals surface area contributed by atoms with E-state index in [-0.39, 0.29) is 10.5 Å². The van der Waals surface area contributed by atoms with Crippen molar-refractivity contribution >= 4 is 49.1 Å². The first kappa shape index (κ1) is 27.4. The van der Waals surface area contributed by atoms with Gasteiger partial charge in [-0.1, -0.05) is 63.9 Å². The summed E-state index contributed by atoms with van der Waals surface area (Å²) >= 11 is 9.36. The van der Waals surface area contributed by atoms with E-state index in [1.165, 1.54) is 23.3 Å². The minimum Gasteiger partial charge on any atom is -0.369 e. The lowest BCUT2D eigenvalue weighted by atomic mass is 9.99. The van der Waals surface area contributed by atoms with Gasteiger partial charge in [-0.05, 0) is 77.4 Å². The van der Waals surface area contributed by atoms with Crippen molar-refractivity contribution in [2.45, 2.75) is 11.4 Å². The molecular weight excluding hydrogens is 598 g/mol. The van der Waals surface area contributed by atoms with Gasteiger partial charge in [-0.25, -0.2) is 13.1 Å². The first-order chi connectivity index (χ1) is 18.8. The molecule has 1 aliphatic rings. The van der Waals surface area contributed by atoms with Crippen molar-refractivity contribution in [3.05, 3.63) is 118 Å². The van der Waals surface area contributed by atoms with E-state index in [1.54, 1.807) is 24.3 Å². The number of nitrogens with zero attached hydrogens (tertiary/aromatic N) is 2. The maximum Gasteiger partial charge on any atom is 0.264 e. The molecule has 0 unspecified atom stereocenters. The van der Waals surface area contributed by atoms with Gasteiger partial charge in [0, 0.05) is 53.5 Å². The number of nitrogens with one attached hydrogen (secondary N) is 1. The van der Waals surface area contributed by atoms with Gasteiger partial charge in [-0.15, -0.1) is 0 Å². The third-order valence-electron chi connectivity index (χ3n) is 6.78. The molecule has 1 fully saturated rings. The quantitative estimate of drug-likeness (QED) is 0.265. The van der Waals surface area contributed by atoms with Gasteiger partial charge < -0.3 is 4.90 Å². The molecule has 0 spiro atoms. The Bertz CT molecular complexity index is 1550. The summed E-state index contributed by atoms with van der Waals surface area (Å²) in [7, 11) is -3.95. The minimum atomic E-state index is -3.95. The van der Waals surface area contributed by atoms with E-state index in [1.807, 2.05) is 24.3 Å². The van der Waals surface area contributed by atoms with Gasteiger partial charge in [-0.3, -0.25) is 9.69 Å². The van der Waals surface area contributed by atoms with Crippen molar-refractivity contribution in [3.63, 3.8) is 0 Å². The average molecular weight is 625 g/mol. The number of anilines is 1. The van der Waals surface area contributed by atoms with Crippen LogP contribution in [-0.4, -0.2) is 45.4 Å². The molecule has 0 saturated carbocycles. The van der Waals surface area contributed by atoms with Crippen LogP contribution in [0.3, 0.4) is 0 Å². The maximum absolute atomic E-state index is 12.6. The number of carbonyl (C=O) groups is 1. The first-order valence-corrected chi connectivity index (χ1v) is 15.2. The second-order valence-electron chi connectivity index (χ2n) is 9.36. The summed E-state index contributed by atoms with van der Waals surface area (Å²) in [5.41, 5.74) is 4.94. The molecular formula is C30H27BrClN3O3S. The standard InChI is InChI=1S/C30H27BrClN3O3S/c31-25-9-15-28(16-10-25)39(37,38)33-30(36)23-7-13-27(14-8-23)35-19-17-34(18-20-35)21-24-3-1-2-4-29(24)22-5-11-26(32)12-6-22/h1-16H,17-21H2,(H,33,36). The largest absolute Gasteiger partial charge is 0.369 e. The third-order valence-corrected chi connectivity index (χ3v) is 8.91. The highest BCUT2D eigenvalue weighted by molar-refractivity contribution is 9.10. The van der Waals surface area contributed by atoms with Crippen molar-refractivity contribution in [2.24, 2.45) is 0 Å². The Kier molecular flexibility index (Phi) is 8.37. The monoisotopic (exact) mass is 623 g/mol. The molecule has 1 heterocycles. The van der Waals surface area contributed by atoms with Gasteiger partial charge in [0.05, 0.1) is 4.90 Å². The molecule has 1 saturated heterocycles. The summed E-state index contributed by atoms with van der Waals surface area (Å²) in [6.45, 7) is 4.38. The number of rotatable bonds is 7. The molecule has 200 valence electrons. The van der Waals surface area contributed by atoms with Crippen molar-refractivity contribution < 1.29 is 13.2 Å². The van der Waals surface area contributed by atoms with E-state index in [0.29, 0.717) is 0 Å². The van der Waals surface area contributed by atoms with Crippen LogP contribution in [0.15, 0.2) is 106 Å². The summed E-state index contributed by atoms with van der Waals surface area (Å²) in [4.78, 5) is 17.4. The predicted molar refractivity (Wildman–Crippen MR) is 160 cm³/mol. The van der Waals surface area contributed by atoms with Crippen LogP contribution in [0.5, 0.6) is 0 Å². The number of piperazine rings is 1. The molecule has 4 aromatic carbocycles. The summed E-state index contributed by atoms with van der Waals surface area (Å²) in [5, 5.41) is 0.728. The second kappa shape index (κ2) is 11.9. The number of benzene rings is 4. The molecule has 39 heavy (non-hydrogen) atoms. The summed E-state index contributed by atoms with van der Waals surface area (Å²) in [5.74, 6) is -0.659. The zero-order valence-electron chi connectivity index (χ0n) is 21.1. The number of hydrogen-bond donors (Lipinski definition) is 1. The maximum atomic E-state index is 12.6. The average Bonchev–Trinajstić information content (AvgIpc) is 2.94. The van der Waals surface area contributed by atoms with Crippen LogP contribution in [-0.2, 0) is 16.6 Å². The molecule has 0 atom stereocenters. The van der Waals surface area contributed by atoms with Crippen molar-refractivity contribution in [1.29, 1.82) is 0 Å². The van der Waals surface area contributed by atoms with Crippen LogP contribution in [0.25, 0.3) is 11.1 Å². The van der Waals surface area contributed by atoms with Crippen LogP contribution in [0.1, 0.15) is 15.9 Å². The van der Waals surface area contributed by atoms with Crippen LogP contribution in [0.2, 0.25) is 5.02 Å². The molecule has 0 aromatic heterocycles. The number of amides is 1. The van der Waals surface area contributed by atoms with Gasteiger partial charge >= 0.3 is 0 Å². The molecule has 1 amide bonds. The topological polar surface area (TPSA) is 69.7 Å². The molecule has 0 bridgehead atoms. The van der Waals surface area contributed by atoms with Crippen LogP contribution in [0, 0.1) is 0 Å². The van der Waals surface area contributed by atoms with Gasteiger partial charge in [-0.2, -0.15) is 0 Å². The lowest BCUT2D eigenvalue weighted by Crippen LogP contribution is -2.46. The molecule has 0 radical (unpaired) electrons. The second-order valence-corrected chi connectivity index (χ2v) is 12.4. The van der Waals surface area contributed by atoms with Crippen molar-refractivity contribution in [3.8, 4) is 11.1 Å². The Morgan fingerprint density at radius 2 is 1.46 bits per heavy atom. The fraction of sp³-hybridized carbons (Fsp3) is 0.167. The lowest BCUT2D eigenvalue weighted by molar-refractivity contribution is 0.0981. The molecule has 1 N–H and O–H groups in total. The van der Waals surface area contributed by atoms with Gasteiger partial charge in [0.25, 0.3) is 15.9 Å². The highest BCUT2D eigenvalue weighted by atomic mass is 79.9. The Morgan fingerprint density at radius 3 is 2.13 bits per heavy atom. The molecule has 0 aliphatic carbocycles. The SMILES string of the molecule is O=C(NS(=O)(=O)c1ccc(Br)cc1)c1ccc(N2CCN(Cc3ccccc3-c3ccc(Cl)cc3)CC2)cc1. The van der Waals surface area contributed by atoms with E-state index in [0.717, 1.165) is 53.5 Å². The smallest absolute Gasteiger partial charge is 0.264 e. The van der Waals surface area contributed by atoms with E-state index >= 15 is 0 Å². The predicted octanol–water partition coefficient (Wildman–Crippen LogP) is 6.21. The highest BCUT2D eigenvalue weighted by Gasteiger charge is 2.21. The van der Waals surface area contributed by atoms with Crippen molar-refractivity contribution in [2.75, 3.05) is 31.1 Å². The number of sulfonamides is 1. The van der Waals surface area contributed by atoms with E-state index in [2.05, 4.69) is 66.9 Å². The molecule has 1 aliphatic heterocycles. The molecule has 9 heteroatoms. The number of halogens is 2. The van der Waals surface area contributed by atoms with E-state index in [4.69, 9.17) is 11.6 Å². The highest BCUT2D eigenvalue weighted by Crippen LogP contribution is 2.27. The Balaban J connectivity index is 1.18. The van der Waals surface area contributed by atoms with E-state index in [9.17, 15) is 13.2 Å². The summed E-state index contributed by atoms with van der Waals surface area (Å²) in [6, 6.07) is 29.6.